The van der Waals surface area contributed by atoms with E-state index in [1.54, 1.807) is 13.8 Å². The Morgan fingerprint density at radius 2 is 1.50 bits per heavy atom. The molecular formula is C23H28N2O7. The maximum absolute atomic E-state index is 12.9. The van der Waals surface area contributed by atoms with E-state index in [9.17, 15) is 19.2 Å². The minimum atomic E-state index is -1.38. The van der Waals surface area contributed by atoms with Gasteiger partial charge in [0.1, 0.15) is 5.92 Å². The average molecular weight is 444 g/mol. The van der Waals surface area contributed by atoms with E-state index in [-0.39, 0.29) is 11.1 Å². The Hall–Kier alpha value is -3.62. The van der Waals surface area contributed by atoms with Gasteiger partial charge >= 0.3 is 17.9 Å². The van der Waals surface area contributed by atoms with Gasteiger partial charge in [-0.3, -0.25) is 9.59 Å². The number of rotatable bonds is 8. The van der Waals surface area contributed by atoms with E-state index in [0.717, 1.165) is 25.3 Å². The lowest BCUT2D eigenvalue weighted by Gasteiger charge is -2.28. The van der Waals surface area contributed by atoms with Crippen molar-refractivity contribution in [1.29, 1.82) is 0 Å². The van der Waals surface area contributed by atoms with Crippen LogP contribution >= 0.6 is 0 Å². The molecule has 1 aliphatic rings. The van der Waals surface area contributed by atoms with Crippen LogP contribution in [0.2, 0.25) is 0 Å². The van der Waals surface area contributed by atoms with Crippen LogP contribution in [0.25, 0.3) is 0 Å². The molecule has 0 aromatic heterocycles. The lowest BCUT2D eigenvalue weighted by Crippen LogP contribution is -2.39. The molecule has 9 nitrogen and oxygen atoms in total. The van der Waals surface area contributed by atoms with Crippen LogP contribution in [0.5, 0.6) is 0 Å². The lowest BCUT2D eigenvalue weighted by atomic mass is 9.85. The zero-order valence-electron chi connectivity index (χ0n) is 18.9. The highest BCUT2D eigenvalue weighted by Crippen LogP contribution is 2.32. The van der Waals surface area contributed by atoms with Crippen molar-refractivity contribution >= 4 is 23.8 Å². The van der Waals surface area contributed by atoms with Crippen molar-refractivity contribution in [2.75, 3.05) is 27.4 Å². The summed E-state index contributed by atoms with van der Waals surface area (Å²) in [5.74, 6) is -4.40. The Morgan fingerprint density at radius 1 is 0.938 bits per heavy atom. The topological polar surface area (TPSA) is 120 Å². The summed E-state index contributed by atoms with van der Waals surface area (Å²) in [5, 5.41) is 5.57. The van der Waals surface area contributed by atoms with Crippen molar-refractivity contribution in [2.24, 2.45) is 5.92 Å². The first-order valence-electron chi connectivity index (χ1n) is 10.0. The number of nitrogens with one attached hydrogen (secondary N) is 2. The van der Waals surface area contributed by atoms with E-state index < -0.39 is 36.3 Å². The molecule has 1 aromatic carbocycles. The van der Waals surface area contributed by atoms with Gasteiger partial charge in [0.25, 0.3) is 5.91 Å². The second-order valence-electron chi connectivity index (χ2n) is 7.25. The Balaban J connectivity index is 2.07. The normalized spacial score (nSPS) is 13.9. The molecule has 1 aliphatic heterocycles. The molecule has 1 aromatic rings. The Bertz CT molecular complexity index is 940. The van der Waals surface area contributed by atoms with E-state index in [1.807, 2.05) is 31.2 Å². The van der Waals surface area contributed by atoms with Crippen molar-refractivity contribution in [3.8, 4) is 0 Å². The predicted octanol–water partition coefficient (Wildman–Crippen LogP) is 1.31. The molecule has 0 unspecified atom stereocenters. The fourth-order valence-electron chi connectivity index (χ4n) is 3.49. The number of hydrogen-bond donors (Lipinski definition) is 2. The first-order chi connectivity index (χ1) is 15.2. The zero-order valence-corrected chi connectivity index (χ0v) is 18.9. The molecule has 0 atom stereocenters. The molecule has 0 spiro atoms. The van der Waals surface area contributed by atoms with Gasteiger partial charge in [0.2, 0.25) is 0 Å². The Labute approximate surface area is 186 Å². The molecule has 0 aliphatic carbocycles. The molecule has 0 fully saturated rings. The van der Waals surface area contributed by atoms with E-state index in [0.29, 0.717) is 24.4 Å². The highest BCUT2D eigenvalue weighted by atomic mass is 16.5. The summed E-state index contributed by atoms with van der Waals surface area (Å²) < 4.78 is 14.7. The fourth-order valence-corrected chi connectivity index (χ4v) is 3.49. The standard InChI is InChI=1S/C23H28N2O7/c1-13-8-6-7-9-16(13)10-11-24-17(26)12-32-23(29)20-18(21(27)30-4)14(2)25-15(3)19(20)22(28)31-5/h6-9,20,25H,10-12H2,1-5H3,(H,24,26). The minimum Gasteiger partial charge on any atom is -0.466 e. The number of carbonyl (C=O) groups is 4. The smallest absolute Gasteiger partial charge is 0.336 e. The van der Waals surface area contributed by atoms with Crippen LogP contribution in [0.15, 0.2) is 46.8 Å². The van der Waals surface area contributed by atoms with Gasteiger partial charge in [0, 0.05) is 17.9 Å². The van der Waals surface area contributed by atoms with Crippen LogP contribution < -0.4 is 10.6 Å². The van der Waals surface area contributed by atoms with Gasteiger partial charge in [0.15, 0.2) is 6.61 Å². The summed E-state index contributed by atoms with van der Waals surface area (Å²) in [5.41, 5.74) is 2.74. The molecule has 0 bridgehead atoms. The van der Waals surface area contributed by atoms with Crippen molar-refractivity contribution in [3.05, 3.63) is 57.9 Å². The summed E-state index contributed by atoms with van der Waals surface area (Å²) >= 11 is 0. The molecular weight excluding hydrogens is 416 g/mol. The number of dihydropyridines is 1. The molecule has 1 heterocycles. The maximum Gasteiger partial charge on any atom is 0.336 e. The number of amides is 1. The first-order valence-corrected chi connectivity index (χ1v) is 10.0. The number of allylic oxidation sites excluding steroid dienone is 2. The van der Waals surface area contributed by atoms with Gasteiger partial charge in [0.05, 0.1) is 25.4 Å². The lowest BCUT2D eigenvalue weighted by molar-refractivity contribution is -0.153. The van der Waals surface area contributed by atoms with Crippen LogP contribution in [-0.4, -0.2) is 51.2 Å². The third kappa shape index (κ3) is 5.75. The molecule has 2 rings (SSSR count). The van der Waals surface area contributed by atoms with Crippen LogP contribution in [0.3, 0.4) is 0 Å². The number of hydrogen-bond acceptors (Lipinski definition) is 8. The van der Waals surface area contributed by atoms with Gasteiger partial charge < -0.3 is 24.8 Å². The molecule has 32 heavy (non-hydrogen) atoms. The SMILES string of the molecule is COC(=O)C1=C(C)NC(C)=C(C(=O)OC)C1C(=O)OCC(=O)NCCc1ccccc1C. The quantitative estimate of drug-likeness (QED) is 0.455. The molecule has 1 amide bonds. The number of esters is 3. The second kappa shape index (κ2) is 11.1. The highest BCUT2D eigenvalue weighted by molar-refractivity contribution is 6.05. The maximum atomic E-state index is 12.9. The first kappa shape index (κ1) is 24.6. The minimum absolute atomic E-state index is 0.0801. The van der Waals surface area contributed by atoms with E-state index >= 15 is 0 Å². The van der Waals surface area contributed by atoms with Gasteiger partial charge in [-0.1, -0.05) is 24.3 Å². The zero-order chi connectivity index (χ0) is 23.8. The number of carbonyl (C=O) groups excluding carboxylic acids is 4. The molecule has 2 N–H and O–H groups in total. The van der Waals surface area contributed by atoms with E-state index in [4.69, 9.17) is 14.2 Å². The number of aryl methyl sites for hydroxylation is 1. The summed E-state index contributed by atoms with van der Waals surface area (Å²) in [6.07, 6.45) is 0.628. The van der Waals surface area contributed by atoms with Crippen LogP contribution in [0.1, 0.15) is 25.0 Å². The van der Waals surface area contributed by atoms with Crippen molar-refractivity contribution in [1.82, 2.24) is 10.6 Å². The summed E-state index contributed by atoms with van der Waals surface area (Å²) in [7, 11) is 2.33. The number of methoxy groups -OCH3 is 2. The predicted molar refractivity (Wildman–Crippen MR) is 115 cm³/mol. The van der Waals surface area contributed by atoms with Gasteiger partial charge in [-0.2, -0.15) is 0 Å². The highest BCUT2D eigenvalue weighted by Gasteiger charge is 2.42. The van der Waals surface area contributed by atoms with E-state index in [1.165, 1.54) is 0 Å². The second-order valence-corrected chi connectivity index (χ2v) is 7.25. The summed E-state index contributed by atoms with van der Waals surface area (Å²) in [4.78, 5) is 49.7. The average Bonchev–Trinajstić information content (AvgIpc) is 2.77. The Morgan fingerprint density at radius 3 is 2.03 bits per heavy atom. The van der Waals surface area contributed by atoms with Crippen molar-refractivity contribution < 1.29 is 33.4 Å². The largest absolute Gasteiger partial charge is 0.466 e. The molecule has 172 valence electrons. The van der Waals surface area contributed by atoms with Gasteiger partial charge in [-0.05, 0) is 38.3 Å². The van der Waals surface area contributed by atoms with Crippen molar-refractivity contribution in [3.63, 3.8) is 0 Å². The number of ether oxygens (including phenoxy) is 3. The van der Waals surface area contributed by atoms with Gasteiger partial charge in [-0.15, -0.1) is 0 Å². The molecule has 0 radical (unpaired) electrons. The third-order valence-corrected chi connectivity index (χ3v) is 5.13. The van der Waals surface area contributed by atoms with Crippen LogP contribution in [0, 0.1) is 12.8 Å². The van der Waals surface area contributed by atoms with Gasteiger partial charge in [-0.25, -0.2) is 9.59 Å². The fraction of sp³-hybridized carbons (Fsp3) is 0.391. The van der Waals surface area contributed by atoms with E-state index in [2.05, 4.69) is 10.6 Å². The number of benzene rings is 1. The summed E-state index contributed by atoms with van der Waals surface area (Å²) in [6, 6.07) is 7.83. The molecule has 0 saturated heterocycles. The Kier molecular flexibility index (Phi) is 8.57. The molecule has 0 saturated carbocycles. The molecule has 9 heteroatoms. The van der Waals surface area contributed by atoms with Crippen molar-refractivity contribution in [2.45, 2.75) is 27.2 Å². The van der Waals surface area contributed by atoms with Crippen LogP contribution in [-0.2, 0) is 39.8 Å². The summed E-state index contributed by atoms with van der Waals surface area (Å²) in [6.45, 7) is 4.94. The van der Waals surface area contributed by atoms with Crippen LogP contribution in [0.4, 0.5) is 0 Å². The monoisotopic (exact) mass is 444 g/mol. The third-order valence-electron chi connectivity index (χ3n) is 5.13.